The van der Waals surface area contributed by atoms with Crippen molar-refractivity contribution in [3.8, 4) is 56.7 Å². The zero-order valence-electron chi connectivity index (χ0n) is 33.9. The molecule has 0 N–H and O–H groups in total. The molecule has 0 bridgehead atoms. The Balaban J connectivity index is 1.10. The van der Waals surface area contributed by atoms with Crippen molar-refractivity contribution >= 4 is 65.6 Å². The van der Waals surface area contributed by atoms with Crippen molar-refractivity contribution in [2.75, 3.05) is 0 Å². The molecule has 0 aliphatic rings. The second-order valence-electron chi connectivity index (χ2n) is 16.0. The molecule has 0 saturated carbocycles. The number of benzene rings is 9. The van der Waals surface area contributed by atoms with Gasteiger partial charge in [-0.25, -0.2) is 15.0 Å². The number of aromatic nitrogens is 5. The molecule has 13 rings (SSSR count). The van der Waals surface area contributed by atoms with Crippen LogP contribution in [-0.4, -0.2) is 24.1 Å². The average Bonchev–Trinajstić information content (AvgIpc) is 4.02. The number of rotatable bonds is 6. The number of fused-ring (bicyclic) bond motifs is 10. The molecule has 6 nitrogen and oxygen atoms in total. The van der Waals surface area contributed by atoms with Gasteiger partial charge in [0, 0.05) is 54.7 Å². The Hall–Kier alpha value is -8.61. The van der Waals surface area contributed by atoms with Crippen molar-refractivity contribution < 1.29 is 4.42 Å². The van der Waals surface area contributed by atoms with Crippen LogP contribution < -0.4 is 0 Å². The van der Waals surface area contributed by atoms with Crippen LogP contribution in [0.25, 0.3) is 122 Å². The highest BCUT2D eigenvalue weighted by Gasteiger charge is 2.24. The fraction of sp³-hybridized carbons (Fsp3) is 0. The van der Waals surface area contributed by atoms with Crippen LogP contribution >= 0.6 is 0 Å². The van der Waals surface area contributed by atoms with E-state index in [-0.39, 0.29) is 0 Å². The summed E-state index contributed by atoms with van der Waals surface area (Å²) in [5.41, 5.74) is 13.4. The van der Waals surface area contributed by atoms with Gasteiger partial charge in [0.1, 0.15) is 11.2 Å². The second kappa shape index (κ2) is 14.0. The maximum atomic E-state index is 6.71. The van der Waals surface area contributed by atoms with Gasteiger partial charge in [0.25, 0.3) is 0 Å². The highest BCUT2D eigenvalue weighted by Crippen LogP contribution is 2.45. The quantitative estimate of drug-likeness (QED) is 0.168. The molecular weight excluding hydrogens is 771 g/mol. The molecule has 9 aromatic carbocycles. The first-order valence-electron chi connectivity index (χ1n) is 21.2. The van der Waals surface area contributed by atoms with Gasteiger partial charge in [-0.3, -0.25) is 0 Å². The predicted octanol–water partition coefficient (Wildman–Crippen LogP) is 14.6. The minimum atomic E-state index is 0.598. The molecule has 4 aromatic heterocycles. The SMILES string of the molecule is c1ccc(-c2ccc3c4ccccc4n(-c4cccc5c6c7c(ccc6n(-c6ccccc6)c45)oc4ccc(-c5nc(-c6ccccc6)nc(-c6ccccc6)n5)cc47)c3c2)cc1. The number of hydrogen-bond donors (Lipinski definition) is 0. The van der Waals surface area contributed by atoms with Gasteiger partial charge in [-0.1, -0.05) is 152 Å². The highest BCUT2D eigenvalue weighted by atomic mass is 16.3. The maximum Gasteiger partial charge on any atom is 0.164 e. The van der Waals surface area contributed by atoms with Crippen molar-refractivity contribution in [2.45, 2.75) is 0 Å². The first kappa shape index (κ1) is 35.2. The number of para-hydroxylation sites is 3. The molecule has 63 heavy (non-hydrogen) atoms. The Kier molecular flexibility index (Phi) is 7.80. The molecule has 0 fully saturated rings. The third kappa shape index (κ3) is 5.55. The summed E-state index contributed by atoms with van der Waals surface area (Å²) in [4.78, 5) is 15.1. The summed E-state index contributed by atoms with van der Waals surface area (Å²) in [5, 5.41) is 6.73. The third-order valence-corrected chi connectivity index (χ3v) is 12.4. The lowest BCUT2D eigenvalue weighted by molar-refractivity contribution is 0.669. The lowest BCUT2D eigenvalue weighted by atomic mass is 10.0. The Morgan fingerprint density at radius 3 is 1.60 bits per heavy atom. The van der Waals surface area contributed by atoms with Crippen molar-refractivity contribution in [3.05, 3.63) is 212 Å². The van der Waals surface area contributed by atoms with Gasteiger partial charge in [-0.15, -0.1) is 0 Å². The molecule has 0 amide bonds. The highest BCUT2D eigenvalue weighted by molar-refractivity contribution is 6.28. The molecular formula is C57H35N5O. The van der Waals surface area contributed by atoms with Crippen molar-refractivity contribution in [1.82, 2.24) is 24.1 Å². The molecule has 6 heteroatoms. The van der Waals surface area contributed by atoms with E-state index in [0.717, 1.165) is 82.8 Å². The molecule has 4 heterocycles. The molecule has 0 unspecified atom stereocenters. The number of hydrogen-bond acceptors (Lipinski definition) is 4. The van der Waals surface area contributed by atoms with E-state index in [1.807, 2.05) is 60.7 Å². The van der Waals surface area contributed by atoms with E-state index >= 15 is 0 Å². The zero-order chi connectivity index (χ0) is 41.4. The molecule has 0 saturated heterocycles. The predicted molar refractivity (Wildman–Crippen MR) is 258 cm³/mol. The minimum absolute atomic E-state index is 0.598. The standard InChI is InChI=1S/C57H35N5O/c1-5-16-36(17-6-1)39-28-30-43-42-24-13-14-26-46(42)62(49(43)35-39)48-27-15-25-44-52-47(61(54(44)48)41-22-11-4-12-23-41)31-33-51-53(52)45-34-40(29-32-50(45)63-51)57-59-55(37-18-7-2-8-19-37)58-56(60-57)38-20-9-3-10-21-38/h1-35H. The summed E-state index contributed by atoms with van der Waals surface area (Å²) in [6.07, 6.45) is 0. The summed E-state index contributed by atoms with van der Waals surface area (Å²) >= 11 is 0. The molecule has 0 aliphatic carbocycles. The van der Waals surface area contributed by atoms with E-state index in [9.17, 15) is 0 Å². The van der Waals surface area contributed by atoms with E-state index in [0.29, 0.717) is 17.5 Å². The smallest absolute Gasteiger partial charge is 0.164 e. The van der Waals surface area contributed by atoms with E-state index in [1.54, 1.807) is 0 Å². The molecule has 0 aliphatic heterocycles. The molecule has 13 aromatic rings. The fourth-order valence-electron chi connectivity index (χ4n) is 9.55. The maximum absolute atomic E-state index is 6.71. The van der Waals surface area contributed by atoms with Crippen molar-refractivity contribution in [3.63, 3.8) is 0 Å². The lowest BCUT2D eigenvalue weighted by Crippen LogP contribution is -2.00. The minimum Gasteiger partial charge on any atom is -0.456 e. The van der Waals surface area contributed by atoms with Crippen LogP contribution in [0.2, 0.25) is 0 Å². The summed E-state index contributed by atoms with van der Waals surface area (Å²) in [5.74, 6) is 1.85. The van der Waals surface area contributed by atoms with Gasteiger partial charge in [0.15, 0.2) is 17.5 Å². The zero-order valence-corrected chi connectivity index (χ0v) is 33.9. The second-order valence-corrected chi connectivity index (χ2v) is 16.0. The van der Waals surface area contributed by atoms with Crippen LogP contribution in [0.15, 0.2) is 217 Å². The first-order chi connectivity index (χ1) is 31.2. The Labute approximate surface area is 361 Å². The fourth-order valence-corrected chi connectivity index (χ4v) is 9.55. The van der Waals surface area contributed by atoms with Crippen LogP contribution in [0.5, 0.6) is 0 Å². The monoisotopic (exact) mass is 805 g/mol. The van der Waals surface area contributed by atoms with Gasteiger partial charge in [-0.2, -0.15) is 0 Å². The van der Waals surface area contributed by atoms with Gasteiger partial charge in [0.2, 0.25) is 0 Å². The van der Waals surface area contributed by atoms with E-state index in [4.69, 9.17) is 19.4 Å². The summed E-state index contributed by atoms with van der Waals surface area (Å²) in [6, 6.07) is 74.5. The van der Waals surface area contributed by atoms with Crippen molar-refractivity contribution in [1.29, 1.82) is 0 Å². The van der Waals surface area contributed by atoms with Gasteiger partial charge in [0.05, 0.1) is 27.8 Å². The van der Waals surface area contributed by atoms with E-state index in [1.165, 1.54) is 21.9 Å². The van der Waals surface area contributed by atoms with E-state index < -0.39 is 0 Å². The van der Waals surface area contributed by atoms with Crippen LogP contribution in [-0.2, 0) is 0 Å². The topological polar surface area (TPSA) is 61.7 Å². The van der Waals surface area contributed by atoms with Crippen molar-refractivity contribution in [2.24, 2.45) is 0 Å². The van der Waals surface area contributed by atoms with Gasteiger partial charge in [-0.05, 0) is 71.8 Å². The summed E-state index contributed by atoms with van der Waals surface area (Å²) < 4.78 is 11.6. The Morgan fingerprint density at radius 2 is 0.889 bits per heavy atom. The number of nitrogens with zero attached hydrogens (tertiary/aromatic N) is 5. The Morgan fingerprint density at radius 1 is 0.317 bits per heavy atom. The van der Waals surface area contributed by atoms with E-state index in [2.05, 4.69) is 161 Å². The first-order valence-corrected chi connectivity index (χ1v) is 21.2. The van der Waals surface area contributed by atoms with Crippen LogP contribution in [0.1, 0.15) is 0 Å². The third-order valence-electron chi connectivity index (χ3n) is 12.4. The molecule has 0 spiro atoms. The van der Waals surface area contributed by atoms with Crippen LogP contribution in [0.4, 0.5) is 0 Å². The normalized spacial score (nSPS) is 11.8. The molecule has 0 atom stereocenters. The summed E-state index contributed by atoms with van der Waals surface area (Å²) in [7, 11) is 0. The van der Waals surface area contributed by atoms with Crippen LogP contribution in [0.3, 0.4) is 0 Å². The lowest BCUT2D eigenvalue weighted by Gasteiger charge is -2.14. The molecule has 294 valence electrons. The average molecular weight is 806 g/mol. The van der Waals surface area contributed by atoms with Gasteiger partial charge >= 0.3 is 0 Å². The number of furan rings is 1. The van der Waals surface area contributed by atoms with Crippen LogP contribution in [0, 0.1) is 0 Å². The Bertz CT molecular complexity index is 3830. The summed E-state index contributed by atoms with van der Waals surface area (Å²) in [6.45, 7) is 0. The molecule has 0 radical (unpaired) electrons. The van der Waals surface area contributed by atoms with Gasteiger partial charge < -0.3 is 13.6 Å². The largest absolute Gasteiger partial charge is 0.456 e.